The van der Waals surface area contributed by atoms with Crippen molar-refractivity contribution < 1.29 is 9.47 Å². The summed E-state index contributed by atoms with van der Waals surface area (Å²) in [6.07, 6.45) is 3.84. The topological polar surface area (TPSA) is 30.5 Å². The predicted octanol–water partition coefficient (Wildman–Crippen LogP) is 2.84. The van der Waals surface area contributed by atoms with Gasteiger partial charge in [-0.05, 0) is 32.2 Å². The van der Waals surface area contributed by atoms with Crippen molar-refractivity contribution in [3.63, 3.8) is 0 Å². The van der Waals surface area contributed by atoms with Crippen LogP contribution < -0.4 is 5.32 Å². The monoisotopic (exact) mass is 245 g/mol. The first-order chi connectivity index (χ1) is 8.16. The lowest BCUT2D eigenvalue weighted by Gasteiger charge is -2.14. The number of hydrogen-bond acceptors (Lipinski definition) is 3. The van der Waals surface area contributed by atoms with E-state index in [2.05, 4.69) is 33.0 Å². The zero-order chi connectivity index (χ0) is 12.9. The lowest BCUT2D eigenvalue weighted by atomic mass is 10.1. The van der Waals surface area contributed by atoms with Crippen LogP contribution in [0.3, 0.4) is 0 Å². The fourth-order valence-corrected chi connectivity index (χ4v) is 1.41. The van der Waals surface area contributed by atoms with Gasteiger partial charge in [0.1, 0.15) is 0 Å². The number of hydrogen-bond donors (Lipinski definition) is 1. The molecule has 0 aliphatic heterocycles. The molecule has 0 amide bonds. The van der Waals surface area contributed by atoms with Crippen molar-refractivity contribution in [2.45, 2.75) is 53.1 Å². The Kier molecular flexibility index (Phi) is 12.3. The Balaban J connectivity index is 3.14. The fraction of sp³-hybridized carbons (Fsp3) is 1.00. The molecule has 3 heteroatoms. The van der Waals surface area contributed by atoms with Gasteiger partial charge in [-0.25, -0.2) is 0 Å². The van der Waals surface area contributed by atoms with Crippen molar-refractivity contribution in [2.24, 2.45) is 5.92 Å². The molecular formula is C14H31NO2. The van der Waals surface area contributed by atoms with Crippen molar-refractivity contribution in [1.82, 2.24) is 5.32 Å². The quantitative estimate of drug-likeness (QED) is 0.536. The normalized spacial score (nSPS) is 13.2. The van der Waals surface area contributed by atoms with Gasteiger partial charge in [-0.2, -0.15) is 0 Å². The third-order valence-corrected chi connectivity index (χ3v) is 2.60. The highest BCUT2D eigenvalue weighted by Crippen LogP contribution is 1.97. The van der Waals surface area contributed by atoms with Crippen LogP contribution in [0, 0.1) is 5.92 Å². The first-order valence-corrected chi connectivity index (χ1v) is 7.06. The first-order valence-electron chi connectivity index (χ1n) is 7.06. The Hall–Kier alpha value is -0.120. The molecule has 17 heavy (non-hydrogen) atoms. The maximum atomic E-state index is 5.64. The molecule has 0 rings (SSSR count). The van der Waals surface area contributed by atoms with Crippen LogP contribution in [0.2, 0.25) is 0 Å². The number of unbranched alkanes of at least 4 members (excludes halogenated alkanes) is 1. The van der Waals surface area contributed by atoms with Crippen LogP contribution in [0.4, 0.5) is 0 Å². The van der Waals surface area contributed by atoms with Crippen LogP contribution in [0.15, 0.2) is 0 Å². The highest BCUT2D eigenvalue weighted by molar-refractivity contribution is 4.56. The maximum absolute atomic E-state index is 5.64. The van der Waals surface area contributed by atoms with Crippen LogP contribution in [0.5, 0.6) is 0 Å². The van der Waals surface area contributed by atoms with E-state index in [-0.39, 0.29) is 6.10 Å². The molecule has 0 aromatic rings. The molecule has 0 aromatic heterocycles. The van der Waals surface area contributed by atoms with E-state index in [1.807, 2.05) is 0 Å². The van der Waals surface area contributed by atoms with Gasteiger partial charge < -0.3 is 14.8 Å². The second kappa shape index (κ2) is 12.3. The Labute approximate surface area is 107 Å². The van der Waals surface area contributed by atoms with Gasteiger partial charge in [-0.15, -0.1) is 0 Å². The second-order valence-electron chi connectivity index (χ2n) is 5.03. The molecule has 0 radical (unpaired) electrons. The van der Waals surface area contributed by atoms with Crippen LogP contribution in [-0.4, -0.2) is 39.0 Å². The van der Waals surface area contributed by atoms with Gasteiger partial charge in [0, 0.05) is 13.2 Å². The van der Waals surface area contributed by atoms with Crippen LogP contribution in [-0.2, 0) is 9.47 Å². The summed E-state index contributed by atoms with van der Waals surface area (Å²) >= 11 is 0. The fourth-order valence-electron chi connectivity index (χ4n) is 1.41. The Bertz CT molecular complexity index is 151. The average molecular weight is 245 g/mol. The molecule has 0 aliphatic carbocycles. The summed E-state index contributed by atoms with van der Waals surface area (Å²) < 4.78 is 11.1. The first kappa shape index (κ1) is 16.9. The minimum atomic E-state index is 0.275. The molecule has 0 aliphatic rings. The Morgan fingerprint density at radius 2 is 1.82 bits per heavy atom. The lowest BCUT2D eigenvalue weighted by Crippen LogP contribution is -2.29. The number of rotatable bonds is 12. The summed E-state index contributed by atoms with van der Waals surface area (Å²) in [6.45, 7) is 13.1. The highest BCUT2D eigenvalue weighted by Gasteiger charge is 2.01. The summed E-state index contributed by atoms with van der Waals surface area (Å²) in [5.41, 5.74) is 0. The largest absolute Gasteiger partial charge is 0.379 e. The summed E-state index contributed by atoms with van der Waals surface area (Å²) in [5.74, 6) is 0.769. The van der Waals surface area contributed by atoms with E-state index in [0.29, 0.717) is 6.61 Å². The van der Waals surface area contributed by atoms with Gasteiger partial charge in [0.25, 0.3) is 0 Å². The van der Waals surface area contributed by atoms with E-state index < -0.39 is 0 Å². The highest BCUT2D eigenvalue weighted by atomic mass is 16.5. The molecule has 0 aromatic carbocycles. The van der Waals surface area contributed by atoms with E-state index in [1.165, 1.54) is 12.8 Å². The zero-order valence-electron chi connectivity index (χ0n) is 12.1. The van der Waals surface area contributed by atoms with Gasteiger partial charge in [0.2, 0.25) is 0 Å². The number of nitrogens with one attached hydrogen (secondary N) is 1. The van der Waals surface area contributed by atoms with Crippen molar-refractivity contribution in [3.05, 3.63) is 0 Å². The van der Waals surface area contributed by atoms with Gasteiger partial charge in [0.15, 0.2) is 0 Å². The maximum Gasteiger partial charge on any atom is 0.0704 e. The van der Waals surface area contributed by atoms with Gasteiger partial charge in [-0.3, -0.25) is 0 Å². The van der Waals surface area contributed by atoms with Crippen LogP contribution in [0.1, 0.15) is 47.0 Å². The third-order valence-electron chi connectivity index (χ3n) is 2.60. The summed E-state index contributed by atoms with van der Waals surface area (Å²) in [4.78, 5) is 0. The van der Waals surface area contributed by atoms with Crippen molar-refractivity contribution in [3.8, 4) is 0 Å². The molecule has 1 unspecified atom stereocenters. The predicted molar refractivity (Wildman–Crippen MR) is 73.5 cm³/mol. The molecule has 0 bridgehead atoms. The average Bonchev–Trinajstić information content (AvgIpc) is 2.29. The van der Waals surface area contributed by atoms with Gasteiger partial charge in [-0.1, -0.05) is 27.2 Å². The lowest BCUT2D eigenvalue weighted by molar-refractivity contribution is 0.0122. The Morgan fingerprint density at radius 3 is 2.47 bits per heavy atom. The van der Waals surface area contributed by atoms with Crippen LogP contribution >= 0.6 is 0 Å². The van der Waals surface area contributed by atoms with Crippen molar-refractivity contribution >= 4 is 0 Å². The molecule has 0 fully saturated rings. The minimum absolute atomic E-state index is 0.275. The molecule has 0 saturated carbocycles. The molecular weight excluding hydrogens is 214 g/mol. The summed E-state index contributed by atoms with van der Waals surface area (Å²) in [5, 5.41) is 3.41. The summed E-state index contributed by atoms with van der Waals surface area (Å²) in [7, 11) is 0. The smallest absolute Gasteiger partial charge is 0.0704 e. The number of ether oxygens (including phenoxy) is 2. The molecule has 0 heterocycles. The van der Waals surface area contributed by atoms with E-state index in [4.69, 9.17) is 9.47 Å². The van der Waals surface area contributed by atoms with Gasteiger partial charge >= 0.3 is 0 Å². The van der Waals surface area contributed by atoms with E-state index >= 15 is 0 Å². The van der Waals surface area contributed by atoms with Gasteiger partial charge in [0.05, 0.1) is 19.3 Å². The molecule has 0 saturated heterocycles. The standard InChI is InChI=1S/C14H31NO2/c1-5-6-9-16-10-11-17-14(4)12-15-8-7-13(2)3/h13-15H,5-12H2,1-4H3. The Morgan fingerprint density at radius 1 is 1.06 bits per heavy atom. The molecule has 3 nitrogen and oxygen atoms in total. The molecule has 1 atom stereocenters. The van der Waals surface area contributed by atoms with E-state index in [1.54, 1.807) is 0 Å². The molecule has 104 valence electrons. The zero-order valence-corrected chi connectivity index (χ0v) is 12.1. The second-order valence-corrected chi connectivity index (χ2v) is 5.03. The van der Waals surface area contributed by atoms with Crippen LogP contribution in [0.25, 0.3) is 0 Å². The third kappa shape index (κ3) is 13.8. The minimum Gasteiger partial charge on any atom is -0.379 e. The van der Waals surface area contributed by atoms with E-state index in [0.717, 1.165) is 38.6 Å². The SMILES string of the molecule is CCCCOCCOC(C)CNCCC(C)C. The van der Waals surface area contributed by atoms with Crippen molar-refractivity contribution in [1.29, 1.82) is 0 Å². The molecule has 1 N–H and O–H groups in total. The molecule has 0 spiro atoms. The summed E-state index contributed by atoms with van der Waals surface area (Å²) in [6, 6.07) is 0. The van der Waals surface area contributed by atoms with E-state index in [9.17, 15) is 0 Å². The van der Waals surface area contributed by atoms with Crippen molar-refractivity contribution in [2.75, 3.05) is 32.9 Å².